The summed E-state index contributed by atoms with van der Waals surface area (Å²) in [6, 6.07) is 5.13. The van der Waals surface area contributed by atoms with Gasteiger partial charge in [-0.1, -0.05) is 26.8 Å². The molecule has 0 radical (unpaired) electrons. The minimum absolute atomic E-state index is 0.126. The van der Waals surface area contributed by atoms with E-state index in [-0.39, 0.29) is 16.8 Å². The molecule has 1 rings (SSSR count). The Hall–Kier alpha value is -0.890. The predicted molar refractivity (Wildman–Crippen MR) is 85.5 cm³/mol. The first-order valence-corrected chi connectivity index (χ1v) is 7.49. The monoisotopic (exact) mass is 279 g/mol. The van der Waals surface area contributed by atoms with Crippen LogP contribution >= 0.6 is 0 Å². The highest BCUT2D eigenvalue weighted by Crippen LogP contribution is 2.30. The van der Waals surface area contributed by atoms with Gasteiger partial charge in [0.1, 0.15) is 5.82 Å². The Bertz CT molecular complexity index is 438. The lowest BCUT2D eigenvalue weighted by molar-refractivity contribution is 0.214. The lowest BCUT2D eigenvalue weighted by atomic mass is 9.76. The maximum absolute atomic E-state index is 13.2. The van der Waals surface area contributed by atoms with Crippen LogP contribution in [0.5, 0.6) is 0 Å². The van der Waals surface area contributed by atoms with Gasteiger partial charge < -0.3 is 5.32 Å². The third-order valence-corrected chi connectivity index (χ3v) is 3.87. The van der Waals surface area contributed by atoms with Crippen LogP contribution < -0.4 is 5.32 Å². The Labute approximate surface area is 124 Å². The van der Waals surface area contributed by atoms with E-state index in [0.29, 0.717) is 5.92 Å². The van der Waals surface area contributed by atoms with Crippen LogP contribution in [0.1, 0.15) is 52.7 Å². The van der Waals surface area contributed by atoms with E-state index in [1.807, 2.05) is 13.0 Å². The zero-order valence-electron chi connectivity index (χ0n) is 14.1. The van der Waals surface area contributed by atoms with Crippen LogP contribution in [0, 0.1) is 24.1 Å². The summed E-state index contributed by atoms with van der Waals surface area (Å²) in [5, 5.41) is 3.61. The van der Waals surface area contributed by atoms with Crippen LogP contribution in [0.2, 0.25) is 0 Å². The zero-order valence-corrected chi connectivity index (χ0v) is 14.1. The molecule has 0 saturated carbocycles. The second kappa shape index (κ2) is 6.26. The van der Waals surface area contributed by atoms with Gasteiger partial charge in [-0.15, -0.1) is 0 Å². The molecular formula is C18H30FN. The summed E-state index contributed by atoms with van der Waals surface area (Å²) in [6.07, 6.45) is 0.985. The van der Waals surface area contributed by atoms with Crippen molar-refractivity contribution >= 4 is 0 Å². The predicted octanol–water partition coefficient (Wildman–Crippen LogP) is 4.73. The van der Waals surface area contributed by atoms with Gasteiger partial charge in [-0.2, -0.15) is 0 Å². The van der Waals surface area contributed by atoms with E-state index in [9.17, 15) is 4.39 Å². The molecule has 0 saturated heterocycles. The molecule has 0 spiro atoms. The summed E-state index contributed by atoms with van der Waals surface area (Å²) in [7, 11) is 0. The second-order valence-corrected chi connectivity index (χ2v) is 7.97. The first-order valence-electron chi connectivity index (χ1n) is 7.49. The minimum atomic E-state index is -0.147. The number of rotatable bonds is 4. The van der Waals surface area contributed by atoms with Gasteiger partial charge in [-0.3, -0.25) is 0 Å². The van der Waals surface area contributed by atoms with Crippen molar-refractivity contribution in [1.82, 2.24) is 5.32 Å². The highest BCUT2D eigenvalue weighted by atomic mass is 19.1. The van der Waals surface area contributed by atoms with Gasteiger partial charge in [0.15, 0.2) is 0 Å². The summed E-state index contributed by atoms with van der Waals surface area (Å²) < 4.78 is 13.2. The Morgan fingerprint density at radius 2 is 1.70 bits per heavy atom. The molecular weight excluding hydrogens is 249 g/mol. The number of hydrogen-bond donors (Lipinski definition) is 1. The Kier molecular flexibility index (Phi) is 5.37. The standard InChI is InChI=1S/C18H30FN/c1-13-10-16(19)9-8-14(13)11-15(17(2,3)4)12-20-18(5,6)7/h8-10,15,20H,11-12H2,1-7H3. The van der Waals surface area contributed by atoms with Gasteiger partial charge in [-0.05, 0) is 75.3 Å². The normalized spacial score (nSPS) is 14.4. The lowest BCUT2D eigenvalue weighted by Crippen LogP contribution is -2.42. The quantitative estimate of drug-likeness (QED) is 0.840. The maximum atomic E-state index is 13.2. The van der Waals surface area contributed by atoms with Gasteiger partial charge in [0.25, 0.3) is 0 Å². The maximum Gasteiger partial charge on any atom is 0.123 e. The van der Waals surface area contributed by atoms with Gasteiger partial charge in [0, 0.05) is 5.54 Å². The van der Waals surface area contributed by atoms with Crippen molar-refractivity contribution in [3.63, 3.8) is 0 Å². The topological polar surface area (TPSA) is 12.0 Å². The molecule has 0 aliphatic carbocycles. The summed E-state index contributed by atoms with van der Waals surface area (Å²) >= 11 is 0. The summed E-state index contributed by atoms with van der Waals surface area (Å²) in [4.78, 5) is 0. The summed E-state index contributed by atoms with van der Waals surface area (Å²) in [5.41, 5.74) is 2.65. The van der Waals surface area contributed by atoms with Gasteiger partial charge in [0.2, 0.25) is 0 Å². The first-order chi connectivity index (χ1) is 8.99. The first kappa shape index (κ1) is 17.2. The van der Waals surface area contributed by atoms with E-state index in [2.05, 4.69) is 46.9 Å². The number of hydrogen-bond acceptors (Lipinski definition) is 1. The molecule has 0 heterocycles. The van der Waals surface area contributed by atoms with Crippen molar-refractivity contribution in [3.8, 4) is 0 Å². The van der Waals surface area contributed by atoms with Crippen molar-refractivity contribution in [2.24, 2.45) is 11.3 Å². The average Bonchev–Trinajstić information content (AvgIpc) is 2.23. The number of benzene rings is 1. The van der Waals surface area contributed by atoms with Crippen molar-refractivity contribution < 1.29 is 4.39 Å². The van der Waals surface area contributed by atoms with Crippen LogP contribution in [0.3, 0.4) is 0 Å². The van der Waals surface area contributed by atoms with Crippen molar-refractivity contribution in [2.75, 3.05) is 6.54 Å². The van der Waals surface area contributed by atoms with Crippen molar-refractivity contribution in [1.29, 1.82) is 0 Å². The fourth-order valence-corrected chi connectivity index (χ4v) is 2.27. The minimum Gasteiger partial charge on any atom is -0.312 e. The molecule has 0 bridgehead atoms. The largest absolute Gasteiger partial charge is 0.312 e. The molecule has 1 nitrogen and oxygen atoms in total. The van der Waals surface area contributed by atoms with Gasteiger partial charge in [-0.25, -0.2) is 4.39 Å². The fraction of sp³-hybridized carbons (Fsp3) is 0.667. The van der Waals surface area contributed by atoms with Crippen LogP contribution in [0.25, 0.3) is 0 Å². The van der Waals surface area contributed by atoms with Crippen LogP contribution in [-0.4, -0.2) is 12.1 Å². The number of halogens is 1. The number of nitrogens with one attached hydrogen (secondary N) is 1. The third-order valence-electron chi connectivity index (χ3n) is 3.87. The van der Waals surface area contributed by atoms with E-state index < -0.39 is 0 Å². The smallest absolute Gasteiger partial charge is 0.123 e. The lowest BCUT2D eigenvalue weighted by Gasteiger charge is -2.34. The molecule has 0 fully saturated rings. The van der Waals surface area contributed by atoms with Gasteiger partial charge in [0.05, 0.1) is 0 Å². The van der Waals surface area contributed by atoms with Crippen molar-refractivity contribution in [3.05, 3.63) is 35.1 Å². The molecule has 1 aromatic rings. The molecule has 1 aromatic carbocycles. The Morgan fingerprint density at radius 3 is 2.15 bits per heavy atom. The molecule has 0 aliphatic rings. The SMILES string of the molecule is Cc1cc(F)ccc1CC(CNC(C)(C)C)C(C)(C)C. The van der Waals surface area contributed by atoms with E-state index in [1.54, 1.807) is 12.1 Å². The highest BCUT2D eigenvalue weighted by Gasteiger charge is 2.26. The molecule has 0 amide bonds. The second-order valence-electron chi connectivity index (χ2n) is 7.97. The molecule has 1 unspecified atom stereocenters. The average molecular weight is 279 g/mol. The van der Waals surface area contributed by atoms with Crippen LogP contribution in [0.4, 0.5) is 4.39 Å². The molecule has 0 aliphatic heterocycles. The van der Waals surface area contributed by atoms with E-state index in [1.165, 1.54) is 5.56 Å². The Morgan fingerprint density at radius 1 is 1.10 bits per heavy atom. The molecule has 0 aromatic heterocycles. The Balaban J connectivity index is 2.85. The van der Waals surface area contributed by atoms with Crippen LogP contribution in [-0.2, 0) is 6.42 Å². The molecule has 1 N–H and O–H groups in total. The van der Waals surface area contributed by atoms with E-state index in [0.717, 1.165) is 18.5 Å². The summed E-state index contributed by atoms with van der Waals surface area (Å²) in [5.74, 6) is 0.372. The van der Waals surface area contributed by atoms with Gasteiger partial charge >= 0.3 is 0 Å². The number of aryl methyl sites for hydroxylation is 1. The highest BCUT2D eigenvalue weighted by molar-refractivity contribution is 5.27. The molecule has 1 atom stereocenters. The summed E-state index contributed by atoms with van der Waals surface area (Å²) in [6.45, 7) is 16.4. The van der Waals surface area contributed by atoms with Crippen molar-refractivity contribution in [2.45, 2.75) is 60.4 Å². The fourth-order valence-electron chi connectivity index (χ4n) is 2.27. The zero-order chi connectivity index (χ0) is 15.6. The molecule has 2 heteroatoms. The molecule has 114 valence electrons. The van der Waals surface area contributed by atoms with E-state index >= 15 is 0 Å². The third kappa shape index (κ3) is 5.62. The van der Waals surface area contributed by atoms with E-state index in [4.69, 9.17) is 0 Å². The van der Waals surface area contributed by atoms with Crippen LogP contribution in [0.15, 0.2) is 18.2 Å². The molecule has 20 heavy (non-hydrogen) atoms.